The van der Waals surface area contributed by atoms with E-state index in [-0.39, 0.29) is 12.5 Å². The fraction of sp³-hybridized carbons (Fsp3) is 0.200. The molecule has 0 saturated heterocycles. The lowest BCUT2D eigenvalue weighted by Crippen LogP contribution is -2.40. The van der Waals surface area contributed by atoms with Crippen LogP contribution in [0.5, 0.6) is 0 Å². The van der Waals surface area contributed by atoms with Crippen LogP contribution in [0.15, 0.2) is 48.8 Å². The van der Waals surface area contributed by atoms with Crippen LogP contribution in [0, 0.1) is 6.92 Å². The second-order valence-electron chi connectivity index (χ2n) is 6.55. The zero-order valence-electron chi connectivity index (χ0n) is 14.8. The van der Waals surface area contributed by atoms with Gasteiger partial charge in [-0.15, -0.1) is 0 Å². The minimum atomic E-state index is -0.429. The lowest BCUT2D eigenvalue weighted by atomic mass is 10.1. The lowest BCUT2D eigenvalue weighted by Gasteiger charge is -2.13. The molecule has 0 radical (unpaired) electrons. The lowest BCUT2D eigenvalue weighted by molar-refractivity contribution is -0.121. The number of benzene rings is 1. The second-order valence-corrected chi connectivity index (χ2v) is 6.55. The number of imidazole rings is 1. The molecule has 7 heteroatoms. The van der Waals surface area contributed by atoms with Gasteiger partial charge in [-0.2, -0.15) is 0 Å². The molecule has 3 aromatic rings. The Hall–Kier alpha value is -3.48. The van der Waals surface area contributed by atoms with Crippen molar-refractivity contribution in [1.29, 1.82) is 0 Å². The van der Waals surface area contributed by atoms with Gasteiger partial charge < -0.3 is 9.72 Å². The maximum absolute atomic E-state index is 12.3. The summed E-state index contributed by atoms with van der Waals surface area (Å²) in [4.78, 5) is 42.2. The average Bonchev–Trinajstić information content (AvgIpc) is 3.16. The Morgan fingerprint density at radius 3 is 2.44 bits per heavy atom. The van der Waals surface area contributed by atoms with Gasteiger partial charge in [-0.1, -0.05) is 18.2 Å². The summed E-state index contributed by atoms with van der Waals surface area (Å²) in [5, 5.41) is 2.75. The van der Waals surface area contributed by atoms with Crippen molar-refractivity contribution in [2.75, 3.05) is 13.1 Å². The minimum Gasteiger partial charge on any atom is -0.354 e. The number of nitrogens with zero attached hydrogens (tertiary/aromatic N) is 3. The summed E-state index contributed by atoms with van der Waals surface area (Å²) in [6, 6.07) is 10.5. The van der Waals surface area contributed by atoms with E-state index in [1.807, 2.05) is 35.9 Å². The van der Waals surface area contributed by atoms with E-state index in [2.05, 4.69) is 10.3 Å². The average molecular weight is 362 g/mol. The fourth-order valence-electron chi connectivity index (χ4n) is 3.19. The molecule has 0 aliphatic carbocycles. The van der Waals surface area contributed by atoms with Crippen LogP contribution >= 0.6 is 0 Å². The molecular weight excluding hydrogens is 344 g/mol. The van der Waals surface area contributed by atoms with Gasteiger partial charge in [0.1, 0.15) is 12.2 Å². The maximum Gasteiger partial charge on any atom is 0.262 e. The standard InChI is InChI=1S/C20H18N4O3/c1-13-6-7-17-22-14(11-23(17)10-13)8-9-21-18(25)12-24-19(26)15-4-2-3-5-16(15)20(24)27/h2-7,10-11H,8-9,12H2,1H3,(H,21,25). The first-order valence-electron chi connectivity index (χ1n) is 8.69. The van der Waals surface area contributed by atoms with Crippen LogP contribution in [0.1, 0.15) is 32.0 Å². The summed E-state index contributed by atoms with van der Waals surface area (Å²) < 4.78 is 1.95. The van der Waals surface area contributed by atoms with E-state index in [0.29, 0.717) is 24.1 Å². The number of rotatable bonds is 5. The minimum absolute atomic E-state index is 0.281. The summed E-state index contributed by atoms with van der Waals surface area (Å²) in [5.41, 5.74) is 3.54. The van der Waals surface area contributed by atoms with Gasteiger partial charge in [0, 0.05) is 25.4 Å². The number of aromatic nitrogens is 2. The van der Waals surface area contributed by atoms with E-state index in [4.69, 9.17) is 0 Å². The number of hydrogen-bond acceptors (Lipinski definition) is 4. The molecule has 0 saturated carbocycles. The fourth-order valence-corrected chi connectivity index (χ4v) is 3.19. The highest BCUT2D eigenvalue weighted by Gasteiger charge is 2.36. The van der Waals surface area contributed by atoms with E-state index in [0.717, 1.165) is 21.8 Å². The van der Waals surface area contributed by atoms with Crippen LogP contribution in [-0.2, 0) is 11.2 Å². The molecule has 1 aliphatic heterocycles. The first-order valence-corrected chi connectivity index (χ1v) is 8.69. The summed E-state index contributed by atoms with van der Waals surface area (Å²) in [6.45, 7) is 2.11. The van der Waals surface area contributed by atoms with Gasteiger partial charge in [0.2, 0.25) is 5.91 Å². The van der Waals surface area contributed by atoms with Crippen molar-refractivity contribution in [3.63, 3.8) is 0 Å². The molecule has 0 bridgehead atoms. The van der Waals surface area contributed by atoms with E-state index in [1.54, 1.807) is 24.3 Å². The Kier molecular flexibility index (Phi) is 4.19. The summed E-state index contributed by atoms with van der Waals surface area (Å²) in [5.74, 6) is -1.23. The first kappa shape index (κ1) is 17.0. The molecule has 0 atom stereocenters. The van der Waals surface area contributed by atoms with E-state index in [9.17, 15) is 14.4 Å². The molecule has 27 heavy (non-hydrogen) atoms. The predicted molar refractivity (Wildman–Crippen MR) is 98.5 cm³/mol. The van der Waals surface area contributed by atoms with Crippen molar-refractivity contribution in [1.82, 2.24) is 19.6 Å². The first-order chi connectivity index (χ1) is 13.0. The van der Waals surface area contributed by atoms with E-state index >= 15 is 0 Å². The van der Waals surface area contributed by atoms with Crippen molar-refractivity contribution in [3.8, 4) is 0 Å². The Bertz CT molecular complexity index is 1040. The van der Waals surface area contributed by atoms with Crippen molar-refractivity contribution < 1.29 is 14.4 Å². The van der Waals surface area contributed by atoms with Crippen molar-refractivity contribution in [3.05, 3.63) is 71.2 Å². The summed E-state index contributed by atoms with van der Waals surface area (Å²) in [6.07, 6.45) is 4.49. The van der Waals surface area contributed by atoms with Crippen LogP contribution in [0.3, 0.4) is 0 Å². The SMILES string of the molecule is Cc1ccc2nc(CCNC(=O)CN3C(=O)c4ccccc4C3=O)cn2c1. The number of pyridine rings is 1. The molecule has 0 spiro atoms. The molecule has 0 fully saturated rings. The van der Waals surface area contributed by atoms with Crippen LogP contribution in [-0.4, -0.2) is 45.1 Å². The number of amides is 3. The highest BCUT2D eigenvalue weighted by atomic mass is 16.2. The molecule has 1 aliphatic rings. The predicted octanol–water partition coefficient (Wildman–Crippen LogP) is 1.60. The Morgan fingerprint density at radius 2 is 1.74 bits per heavy atom. The molecule has 136 valence electrons. The van der Waals surface area contributed by atoms with Crippen molar-refractivity contribution in [2.45, 2.75) is 13.3 Å². The van der Waals surface area contributed by atoms with Crippen molar-refractivity contribution >= 4 is 23.4 Å². The number of hydrogen-bond donors (Lipinski definition) is 1. The monoisotopic (exact) mass is 362 g/mol. The molecule has 7 nitrogen and oxygen atoms in total. The van der Waals surface area contributed by atoms with Gasteiger partial charge in [-0.05, 0) is 30.7 Å². The van der Waals surface area contributed by atoms with Gasteiger partial charge in [-0.25, -0.2) is 4.98 Å². The van der Waals surface area contributed by atoms with Gasteiger partial charge in [0.25, 0.3) is 11.8 Å². The molecule has 3 heterocycles. The number of nitrogens with one attached hydrogen (secondary N) is 1. The Labute approximate surface area is 155 Å². The normalized spacial score (nSPS) is 13.3. The third kappa shape index (κ3) is 3.19. The third-order valence-corrected chi connectivity index (χ3v) is 4.53. The zero-order chi connectivity index (χ0) is 19.0. The maximum atomic E-state index is 12.3. The number of fused-ring (bicyclic) bond motifs is 2. The van der Waals surface area contributed by atoms with Gasteiger partial charge in [0.15, 0.2) is 0 Å². The number of imide groups is 1. The number of carbonyl (C=O) groups excluding carboxylic acids is 3. The molecular formula is C20H18N4O3. The number of carbonyl (C=O) groups is 3. The van der Waals surface area contributed by atoms with Crippen LogP contribution < -0.4 is 5.32 Å². The van der Waals surface area contributed by atoms with Gasteiger partial charge in [0.05, 0.1) is 16.8 Å². The highest BCUT2D eigenvalue weighted by Crippen LogP contribution is 2.21. The topological polar surface area (TPSA) is 83.8 Å². The Morgan fingerprint density at radius 1 is 1.04 bits per heavy atom. The quantitative estimate of drug-likeness (QED) is 0.699. The van der Waals surface area contributed by atoms with Crippen molar-refractivity contribution in [2.24, 2.45) is 0 Å². The third-order valence-electron chi connectivity index (χ3n) is 4.53. The van der Waals surface area contributed by atoms with Crippen LogP contribution in [0.4, 0.5) is 0 Å². The second kappa shape index (κ2) is 6.68. The van der Waals surface area contributed by atoms with E-state index < -0.39 is 11.8 Å². The summed E-state index contributed by atoms with van der Waals surface area (Å²) >= 11 is 0. The van der Waals surface area contributed by atoms with Gasteiger partial charge in [-0.3, -0.25) is 19.3 Å². The number of aryl methyl sites for hydroxylation is 1. The molecule has 2 aromatic heterocycles. The zero-order valence-corrected chi connectivity index (χ0v) is 14.8. The molecule has 1 aromatic carbocycles. The Balaban J connectivity index is 1.33. The largest absolute Gasteiger partial charge is 0.354 e. The molecule has 0 unspecified atom stereocenters. The van der Waals surface area contributed by atoms with Gasteiger partial charge >= 0.3 is 0 Å². The van der Waals surface area contributed by atoms with Crippen LogP contribution in [0.25, 0.3) is 5.65 Å². The van der Waals surface area contributed by atoms with Crippen LogP contribution in [0.2, 0.25) is 0 Å². The molecule has 3 amide bonds. The highest BCUT2D eigenvalue weighted by molar-refractivity contribution is 6.22. The summed E-state index contributed by atoms with van der Waals surface area (Å²) in [7, 11) is 0. The molecule has 4 rings (SSSR count). The molecule has 1 N–H and O–H groups in total. The smallest absolute Gasteiger partial charge is 0.262 e. The van der Waals surface area contributed by atoms with E-state index in [1.165, 1.54) is 0 Å².